The minimum absolute atomic E-state index is 0. The van der Waals surface area contributed by atoms with Crippen LogP contribution >= 0.6 is 0 Å². The van der Waals surface area contributed by atoms with E-state index in [1.165, 1.54) is 11.1 Å². The summed E-state index contributed by atoms with van der Waals surface area (Å²) in [5, 5.41) is 0. The first-order chi connectivity index (χ1) is 9.85. The monoisotopic (exact) mass is 341 g/mol. The lowest BCUT2D eigenvalue weighted by Gasteiger charge is -2.01. The van der Waals surface area contributed by atoms with E-state index < -0.39 is 0 Å². The van der Waals surface area contributed by atoms with Crippen molar-refractivity contribution in [2.24, 2.45) is 0 Å². The van der Waals surface area contributed by atoms with Crippen molar-refractivity contribution < 1.29 is 21.7 Å². The van der Waals surface area contributed by atoms with E-state index >= 15 is 0 Å². The number of methoxy groups -OCH3 is 1. The Hall–Kier alpha value is -2.07. The maximum absolute atomic E-state index is 5.19. The van der Waals surface area contributed by atoms with Crippen LogP contribution < -0.4 is 21.7 Å². The van der Waals surface area contributed by atoms with Gasteiger partial charge in [-0.25, -0.2) is 4.98 Å². The zero-order chi connectivity index (χ0) is 13.5. The van der Waals surface area contributed by atoms with Gasteiger partial charge in [-0.1, -0.05) is 24.3 Å². The Labute approximate surface area is 134 Å². The van der Waals surface area contributed by atoms with E-state index in [4.69, 9.17) is 9.72 Å². The minimum Gasteiger partial charge on any atom is -1.00 e. The van der Waals surface area contributed by atoms with E-state index in [9.17, 15) is 0 Å². The molecule has 0 aliphatic carbocycles. The third-order valence-corrected chi connectivity index (χ3v) is 3.76. The standard InChI is InChI=1S/C17H14N2O.BrH/c1-20-14-8-6-12(7-9-14)16-11-19-10-13-4-2-3-5-15(13)17(19)18-16;/h2-9,11H,10H2,1H3;1H/p-1. The summed E-state index contributed by atoms with van der Waals surface area (Å²) in [5.74, 6) is 1.93. The van der Waals surface area contributed by atoms with Gasteiger partial charge in [-0.3, -0.25) is 0 Å². The molecule has 3 nitrogen and oxygen atoms in total. The second kappa shape index (κ2) is 5.37. The van der Waals surface area contributed by atoms with Crippen LogP contribution in [0.5, 0.6) is 5.75 Å². The van der Waals surface area contributed by atoms with E-state index in [1.807, 2.05) is 24.3 Å². The highest BCUT2D eigenvalue weighted by atomic mass is 79.9. The Balaban J connectivity index is 0.00000132. The van der Waals surface area contributed by atoms with Gasteiger partial charge in [0.15, 0.2) is 0 Å². The van der Waals surface area contributed by atoms with E-state index in [-0.39, 0.29) is 17.0 Å². The highest BCUT2D eigenvalue weighted by molar-refractivity contribution is 5.70. The van der Waals surface area contributed by atoms with Crippen LogP contribution in [0.15, 0.2) is 54.7 Å². The number of imidazole rings is 1. The first-order valence-corrected chi connectivity index (χ1v) is 6.65. The lowest BCUT2D eigenvalue weighted by molar-refractivity contribution is -0.00000429. The Morgan fingerprint density at radius 2 is 1.81 bits per heavy atom. The molecular formula is C17H14BrN2O-. The number of rotatable bonds is 2. The highest BCUT2D eigenvalue weighted by Gasteiger charge is 2.20. The molecule has 0 bridgehead atoms. The van der Waals surface area contributed by atoms with Gasteiger partial charge in [0.25, 0.3) is 0 Å². The maximum atomic E-state index is 5.19. The fourth-order valence-electron chi connectivity index (χ4n) is 2.71. The molecular weight excluding hydrogens is 328 g/mol. The molecule has 0 atom stereocenters. The Bertz CT molecular complexity index is 778. The summed E-state index contributed by atoms with van der Waals surface area (Å²) >= 11 is 0. The molecule has 4 heteroatoms. The van der Waals surface area contributed by atoms with Crippen LogP contribution in [0, 0.1) is 0 Å². The quantitative estimate of drug-likeness (QED) is 0.533. The van der Waals surface area contributed by atoms with Crippen LogP contribution in [-0.2, 0) is 6.54 Å². The number of fused-ring (bicyclic) bond motifs is 3. The van der Waals surface area contributed by atoms with Gasteiger partial charge in [0, 0.05) is 23.9 Å². The molecule has 3 aromatic rings. The van der Waals surface area contributed by atoms with Gasteiger partial charge in [-0.05, 0) is 29.8 Å². The molecule has 1 aliphatic rings. The number of hydrogen-bond acceptors (Lipinski definition) is 2. The number of nitrogens with zero attached hydrogens (tertiary/aromatic N) is 2. The molecule has 0 unspecified atom stereocenters. The SMILES string of the molecule is COc1ccc(-c2cn3c(n2)-c2ccccc2C3)cc1.[Br-]. The molecule has 0 N–H and O–H groups in total. The van der Waals surface area contributed by atoms with E-state index in [0.717, 1.165) is 29.4 Å². The first kappa shape index (κ1) is 13.9. The summed E-state index contributed by atoms with van der Waals surface area (Å²) in [6.45, 7) is 0.911. The average molecular weight is 342 g/mol. The normalized spacial score (nSPS) is 11.5. The Kier molecular flexibility index (Phi) is 3.55. The number of benzene rings is 2. The van der Waals surface area contributed by atoms with Crippen LogP contribution in [-0.4, -0.2) is 16.7 Å². The molecule has 0 saturated carbocycles. The number of hydrogen-bond donors (Lipinski definition) is 0. The molecule has 2 heterocycles. The molecule has 0 saturated heterocycles. The van der Waals surface area contributed by atoms with Crippen molar-refractivity contribution in [3.8, 4) is 28.4 Å². The first-order valence-electron chi connectivity index (χ1n) is 6.65. The minimum atomic E-state index is 0. The molecule has 0 fully saturated rings. The fraction of sp³-hybridized carbons (Fsp3) is 0.118. The molecule has 1 aliphatic heterocycles. The predicted octanol–water partition coefficient (Wildman–Crippen LogP) is 0.591. The predicted molar refractivity (Wildman–Crippen MR) is 78.8 cm³/mol. The van der Waals surface area contributed by atoms with E-state index in [2.05, 4.69) is 35.0 Å². The summed E-state index contributed by atoms with van der Waals surface area (Å²) in [6.07, 6.45) is 2.12. The second-order valence-electron chi connectivity index (χ2n) is 4.96. The van der Waals surface area contributed by atoms with Crippen LogP contribution in [0.2, 0.25) is 0 Å². The van der Waals surface area contributed by atoms with Crippen molar-refractivity contribution in [1.29, 1.82) is 0 Å². The van der Waals surface area contributed by atoms with Crippen LogP contribution in [0.1, 0.15) is 5.56 Å². The highest BCUT2D eigenvalue weighted by Crippen LogP contribution is 2.33. The van der Waals surface area contributed by atoms with Crippen molar-refractivity contribution in [2.45, 2.75) is 6.54 Å². The summed E-state index contributed by atoms with van der Waals surface area (Å²) in [6, 6.07) is 16.5. The van der Waals surface area contributed by atoms with E-state index in [0.29, 0.717) is 0 Å². The lowest BCUT2D eigenvalue weighted by atomic mass is 10.1. The van der Waals surface area contributed by atoms with Gasteiger partial charge < -0.3 is 26.3 Å². The molecule has 106 valence electrons. The van der Waals surface area contributed by atoms with Crippen molar-refractivity contribution in [2.75, 3.05) is 7.11 Å². The van der Waals surface area contributed by atoms with Crippen LogP contribution in [0.25, 0.3) is 22.6 Å². The smallest absolute Gasteiger partial charge is 0.141 e. The van der Waals surface area contributed by atoms with E-state index in [1.54, 1.807) is 7.11 Å². The van der Waals surface area contributed by atoms with Crippen LogP contribution in [0.4, 0.5) is 0 Å². The molecule has 0 radical (unpaired) electrons. The average Bonchev–Trinajstić information content (AvgIpc) is 3.05. The molecule has 0 amide bonds. The van der Waals surface area contributed by atoms with Crippen molar-refractivity contribution in [3.63, 3.8) is 0 Å². The third-order valence-electron chi connectivity index (χ3n) is 3.76. The lowest BCUT2D eigenvalue weighted by Crippen LogP contribution is -3.00. The van der Waals surface area contributed by atoms with Crippen molar-refractivity contribution >= 4 is 0 Å². The maximum Gasteiger partial charge on any atom is 0.141 e. The van der Waals surface area contributed by atoms with Gasteiger partial charge in [-0.15, -0.1) is 0 Å². The summed E-state index contributed by atoms with van der Waals surface area (Å²) in [5.41, 5.74) is 4.71. The zero-order valence-electron chi connectivity index (χ0n) is 11.6. The fourth-order valence-corrected chi connectivity index (χ4v) is 2.71. The molecule has 4 rings (SSSR count). The largest absolute Gasteiger partial charge is 1.00 e. The topological polar surface area (TPSA) is 27.1 Å². The third kappa shape index (κ3) is 2.25. The van der Waals surface area contributed by atoms with Gasteiger partial charge in [-0.2, -0.15) is 0 Å². The second-order valence-corrected chi connectivity index (χ2v) is 4.96. The zero-order valence-corrected chi connectivity index (χ0v) is 13.2. The number of aromatic nitrogens is 2. The van der Waals surface area contributed by atoms with Crippen molar-refractivity contribution in [1.82, 2.24) is 9.55 Å². The Morgan fingerprint density at radius 1 is 1.05 bits per heavy atom. The molecule has 2 aromatic carbocycles. The van der Waals surface area contributed by atoms with Gasteiger partial charge >= 0.3 is 0 Å². The van der Waals surface area contributed by atoms with Crippen molar-refractivity contribution in [3.05, 3.63) is 60.3 Å². The Morgan fingerprint density at radius 3 is 2.57 bits per heavy atom. The molecule has 0 spiro atoms. The van der Waals surface area contributed by atoms with Gasteiger partial charge in [0.05, 0.1) is 12.8 Å². The summed E-state index contributed by atoms with van der Waals surface area (Å²) in [7, 11) is 1.68. The summed E-state index contributed by atoms with van der Waals surface area (Å²) in [4.78, 5) is 4.78. The van der Waals surface area contributed by atoms with Gasteiger partial charge in [0.2, 0.25) is 0 Å². The molecule has 1 aromatic heterocycles. The number of halogens is 1. The summed E-state index contributed by atoms with van der Waals surface area (Å²) < 4.78 is 7.40. The number of ether oxygens (including phenoxy) is 1. The van der Waals surface area contributed by atoms with Gasteiger partial charge in [0.1, 0.15) is 11.6 Å². The molecule has 21 heavy (non-hydrogen) atoms. The van der Waals surface area contributed by atoms with Crippen LogP contribution in [0.3, 0.4) is 0 Å².